The summed E-state index contributed by atoms with van der Waals surface area (Å²) in [5.74, 6) is 0.473. The molecule has 108 valence electrons. The van der Waals surface area contributed by atoms with Gasteiger partial charge in [-0.05, 0) is 30.4 Å². The van der Waals surface area contributed by atoms with Gasteiger partial charge in [0, 0.05) is 19.2 Å². The Bertz CT molecular complexity index is 440. The van der Waals surface area contributed by atoms with Crippen molar-refractivity contribution in [3.05, 3.63) is 42.0 Å². The molecule has 20 heavy (non-hydrogen) atoms. The van der Waals surface area contributed by atoms with Crippen molar-refractivity contribution in [2.75, 3.05) is 19.8 Å². The number of aliphatic hydroxyl groups is 1. The van der Waals surface area contributed by atoms with Gasteiger partial charge in [0.1, 0.15) is 0 Å². The van der Waals surface area contributed by atoms with Crippen molar-refractivity contribution >= 4 is 12.0 Å². The average molecular weight is 275 g/mol. The molecule has 0 radical (unpaired) electrons. The molecule has 0 bridgehead atoms. The fourth-order valence-electron chi connectivity index (χ4n) is 1.73. The molecular weight excluding hydrogens is 254 g/mol. The molecule has 1 amide bonds. The number of aliphatic hydroxyl groups excluding tert-OH is 1. The summed E-state index contributed by atoms with van der Waals surface area (Å²) in [6.45, 7) is 1.21. The summed E-state index contributed by atoms with van der Waals surface area (Å²) in [5.41, 5.74) is 0.968. The zero-order chi connectivity index (χ0) is 14.2. The average Bonchev–Trinajstić information content (AvgIpc) is 3.28. The fraction of sp³-hybridized carbons (Fsp3) is 0.438. The Hall–Kier alpha value is -1.65. The third-order valence-electron chi connectivity index (χ3n) is 3.10. The van der Waals surface area contributed by atoms with Crippen molar-refractivity contribution in [2.24, 2.45) is 5.92 Å². The Morgan fingerprint density at radius 2 is 2.15 bits per heavy atom. The summed E-state index contributed by atoms with van der Waals surface area (Å²) in [6.07, 6.45) is 5.02. The smallest absolute Gasteiger partial charge is 0.244 e. The maximum Gasteiger partial charge on any atom is 0.244 e. The van der Waals surface area contributed by atoms with E-state index in [1.165, 1.54) is 18.9 Å². The summed E-state index contributed by atoms with van der Waals surface area (Å²) in [5, 5.41) is 12.3. The third-order valence-corrected chi connectivity index (χ3v) is 3.10. The van der Waals surface area contributed by atoms with E-state index in [0.29, 0.717) is 5.92 Å². The van der Waals surface area contributed by atoms with E-state index < -0.39 is 6.10 Å². The molecule has 4 heteroatoms. The van der Waals surface area contributed by atoms with Crippen molar-refractivity contribution in [3.63, 3.8) is 0 Å². The fourth-order valence-corrected chi connectivity index (χ4v) is 1.73. The van der Waals surface area contributed by atoms with Gasteiger partial charge in [-0.15, -0.1) is 0 Å². The Morgan fingerprint density at radius 3 is 2.85 bits per heavy atom. The van der Waals surface area contributed by atoms with Crippen LogP contribution in [-0.2, 0) is 9.53 Å². The monoisotopic (exact) mass is 275 g/mol. The van der Waals surface area contributed by atoms with Gasteiger partial charge in [-0.25, -0.2) is 0 Å². The highest BCUT2D eigenvalue weighted by Gasteiger charge is 2.21. The van der Waals surface area contributed by atoms with E-state index in [1.807, 2.05) is 30.3 Å². The molecule has 1 aromatic rings. The largest absolute Gasteiger partial charge is 0.389 e. The molecule has 2 rings (SSSR count). The van der Waals surface area contributed by atoms with Crippen LogP contribution in [0, 0.1) is 5.92 Å². The Labute approximate surface area is 119 Å². The number of benzene rings is 1. The molecule has 0 aromatic heterocycles. The summed E-state index contributed by atoms with van der Waals surface area (Å²) in [4.78, 5) is 11.6. The van der Waals surface area contributed by atoms with E-state index in [1.54, 1.807) is 6.08 Å². The summed E-state index contributed by atoms with van der Waals surface area (Å²) >= 11 is 0. The van der Waals surface area contributed by atoms with Gasteiger partial charge in [0.05, 0.1) is 12.7 Å². The van der Waals surface area contributed by atoms with Crippen LogP contribution in [0.25, 0.3) is 6.08 Å². The lowest BCUT2D eigenvalue weighted by Gasteiger charge is -2.11. The number of ether oxygens (including phenoxy) is 1. The standard InChI is InChI=1S/C16H21NO3/c18-15(12-20-11-14-6-7-14)10-17-16(19)9-8-13-4-2-1-3-5-13/h1-5,8-9,14-15,18H,6-7,10-12H2,(H,17,19)/b9-8+. The van der Waals surface area contributed by atoms with Crippen LogP contribution in [0.4, 0.5) is 0 Å². The van der Waals surface area contributed by atoms with E-state index in [0.717, 1.165) is 12.2 Å². The minimum atomic E-state index is -0.650. The molecular formula is C16H21NO3. The molecule has 1 aliphatic rings. The van der Waals surface area contributed by atoms with Gasteiger partial charge in [-0.3, -0.25) is 4.79 Å². The van der Waals surface area contributed by atoms with E-state index in [4.69, 9.17) is 4.74 Å². The molecule has 1 fully saturated rings. The van der Waals surface area contributed by atoms with Crippen molar-refractivity contribution in [2.45, 2.75) is 18.9 Å². The van der Waals surface area contributed by atoms with Crippen molar-refractivity contribution in [3.8, 4) is 0 Å². The first-order valence-electron chi connectivity index (χ1n) is 7.01. The van der Waals surface area contributed by atoms with Crippen molar-refractivity contribution in [1.82, 2.24) is 5.32 Å². The predicted molar refractivity (Wildman–Crippen MR) is 78.0 cm³/mol. The summed E-state index contributed by atoms with van der Waals surface area (Å²) in [7, 11) is 0. The second kappa shape index (κ2) is 7.82. The van der Waals surface area contributed by atoms with Crippen LogP contribution in [0.2, 0.25) is 0 Å². The Kier molecular flexibility index (Phi) is 5.77. The molecule has 1 atom stereocenters. The minimum absolute atomic E-state index is 0.211. The quantitative estimate of drug-likeness (QED) is 0.709. The Balaban J connectivity index is 1.60. The highest BCUT2D eigenvalue weighted by atomic mass is 16.5. The van der Waals surface area contributed by atoms with Gasteiger partial charge in [0.25, 0.3) is 0 Å². The molecule has 4 nitrogen and oxygen atoms in total. The topological polar surface area (TPSA) is 58.6 Å². The van der Waals surface area contributed by atoms with Crippen LogP contribution >= 0.6 is 0 Å². The second-order valence-corrected chi connectivity index (χ2v) is 5.12. The van der Waals surface area contributed by atoms with E-state index in [2.05, 4.69) is 5.32 Å². The zero-order valence-corrected chi connectivity index (χ0v) is 11.5. The van der Waals surface area contributed by atoms with Crippen molar-refractivity contribution in [1.29, 1.82) is 0 Å². The number of nitrogens with one attached hydrogen (secondary N) is 1. The van der Waals surface area contributed by atoms with Crippen molar-refractivity contribution < 1.29 is 14.6 Å². The number of rotatable bonds is 8. The van der Waals surface area contributed by atoms with Gasteiger partial charge < -0.3 is 15.2 Å². The van der Waals surface area contributed by atoms with Crippen LogP contribution in [0.3, 0.4) is 0 Å². The maximum atomic E-state index is 11.6. The minimum Gasteiger partial charge on any atom is -0.389 e. The third kappa shape index (κ3) is 5.99. The number of amides is 1. The van der Waals surface area contributed by atoms with Gasteiger partial charge in [0.2, 0.25) is 5.91 Å². The lowest BCUT2D eigenvalue weighted by molar-refractivity contribution is -0.117. The van der Waals surface area contributed by atoms with Crippen LogP contribution in [0.1, 0.15) is 18.4 Å². The van der Waals surface area contributed by atoms with Crippen LogP contribution in [-0.4, -0.2) is 36.9 Å². The highest BCUT2D eigenvalue weighted by molar-refractivity contribution is 5.91. The van der Waals surface area contributed by atoms with E-state index >= 15 is 0 Å². The molecule has 0 saturated heterocycles. The maximum absolute atomic E-state index is 11.6. The SMILES string of the molecule is O=C(/C=C/c1ccccc1)NCC(O)COCC1CC1. The first kappa shape index (κ1) is 14.8. The highest BCUT2D eigenvalue weighted by Crippen LogP contribution is 2.28. The zero-order valence-electron chi connectivity index (χ0n) is 11.5. The summed E-state index contributed by atoms with van der Waals surface area (Å²) in [6, 6.07) is 9.60. The molecule has 1 aromatic carbocycles. The van der Waals surface area contributed by atoms with Gasteiger partial charge in [-0.1, -0.05) is 30.3 Å². The number of carbonyl (C=O) groups excluding carboxylic acids is 1. The first-order chi connectivity index (χ1) is 9.74. The van der Waals surface area contributed by atoms with Gasteiger partial charge >= 0.3 is 0 Å². The van der Waals surface area contributed by atoms with Crippen LogP contribution < -0.4 is 5.32 Å². The van der Waals surface area contributed by atoms with Crippen LogP contribution in [0.5, 0.6) is 0 Å². The number of carbonyl (C=O) groups is 1. The molecule has 1 unspecified atom stereocenters. The number of hydrogen-bond donors (Lipinski definition) is 2. The molecule has 0 heterocycles. The van der Waals surface area contributed by atoms with E-state index in [9.17, 15) is 9.90 Å². The predicted octanol–water partition coefficient (Wildman–Crippen LogP) is 1.60. The molecule has 1 saturated carbocycles. The molecule has 0 spiro atoms. The first-order valence-corrected chi connectivity index (χ1v) is 7.01. The second-order valence-electron chi connectivity index (χ2n) is 5.12. The summed E-state index contributed by atoms with van der Waals surface area (Å²) < 4.78 is 5.36. The lowest BCUT2D eigenvalue weighted by atomic mass is 10.2. The van der Waals surface area contributed by atoms with Gasteiger partial charge in [0.15, 0.2) is 0 Å². The number of hydrogen-bond acceptors (Lipinski definition) is 3. The lowest BCUT2D eigenvalue weighted by Crippen LogP contribution is -2.33. The normalized spacial score (nSPS) is 16.2. The van der Waals surface area contributed by atoms with E-state index in [-0.39, 0.29) is 19.1 Å². The molecule has 2 N–H and O–H groups in total. The van der Waals surface area contributed by atoms with Gasteiger partial charge in [-0.2, -0.15) is 0 Å². The molecule has 0 aliphatic heterocycles. The molecule has 1 aliphatic carbocycles. The van der Waals surface area contributed by atoms with Crippen LogP contribution in [0.15, 0.2) is 36.4 Å². The Morgan fingerprint density at radius 1 is 1.40 bits per heavy atom.